The average molecular weight is 755 g/mol. The van der Waals surface area contributed by atoms with Crippen LogP contribution in [0, 0.1) is 0 Å². The molecule has 0 bridgehead atoms. The molecule has 2 aliphatic rings. The number of para-hydroxylation sites is 2. The fourth-order valence-corrected chi connectivity index (χ4v) is 8.88. The van der Waals surface area contributed by atoms with E-state index in [1.165, 1.54) is 105 Å². The Morgan fingerprint density at radius 3 is 1.60 bits per heavy atom. The molecular weight excluding hydrogens is 681 g/mol. The predicted octanol–water partition coefficient (Wildman–Crippen LogP) is 12.5. The zero-order valence-electron chi connectivity index (χ0n) is 35.5. The number of fused-ring (bicyclic) bond motifs is 2. The average Bonchev–Trinajstić information content (AvgIpc) is 3.51. The first-order valence-corrected chi connectivity index (χ1v) is 22.1. The first-order valence-electron chi connectivity index (χ1n) is 22.1. The monoisotopic (exact) mass is 755 g/mol. The summed E-state index contributed by atoms with van der Waals surface area (Å²) in [4.78, 5) is 28.4. The molecule has 0 aromatic heterocycles. The number of hydrogen-bond acceptors (Lipinski definition) is 6. The van der Waals surface area contributed by atoms with Crippen LogP contribution in [0.1, 0.15) is 168 Å². The van der Waals surface area contributed by atoms with Gasteiger partial charge in [0, 0.05) is 53.8 Å². The summed E-state index contributed by atoms with van der Waals surface area (Å²) in [6, 6.07) is 18.4. The molecule has 0 amide bonds. The lowest BCUT2D eigenvalue weighted by molar-refractivity contribution is -0.144. The Bertz CT molecular complexity index is 1520. The lowest BCUT2D eigenvalue weighted by atomic mass is 9.80. The standard InChI is InChI=1S/C49H74N2O4/c1-7-54-46(52)36-21-17-13-9-11-15-19-27-38-50-42-32-25-23-30-40(42)48(3,4)44(50)34-29-35-45-49(5,6)41-31-24-26-33-43(41)51(45)39-28-20-16-12-10-14-18-22-37-47(53)55-8-2/h23-26,29-35,44H,7-22,27-28,36-39H2,1-6H3/b34-29+,45-35+. The van der Waals surface area contributed by atoms with Crippen LogP contribution in [0.3, 0.4) is 0 Å². The van der Waals surface area contributed by atoms with Crippen LogP contribution in [0.5, 0.6) is 0 Å². The molecule has 0 N–H and O–H groups in total. The first kappa shape index (κ1) is 44.2. The van der Waals surface area contributed by atoms with Gasteiger partial charge in [0.05, 0.1) is 19.3 Å². The molecule has 2 heterocycles. The van der Waals surface area contributed by atoms with E-state index in [-0.39, 0.29) is 22.8 Å². The largest absolute Gasteiger partial charge is 0.466 e. The quantitative estimate of drug-likeness (QED) is 0.0704. The van der Waals surface area contributed by atoms with Crippen molar-refractivity contribution >= 4 is 23.3 Å². The summed E-state index contributed by atoms with van der Waals surface area (Å²) in [6.45, 7) is 16.4. The van der Waals surface area contributed by atoms with E-state index in [0.29, 0.717) is 32.1 Å². The van der Waals surface area contributed by atoms with Gasteiger partial charge in [0.15, 0.2) is 0 Å². The summed E-state index contributed by atoms with van der Waals surface area (Å²) in [5, 5.41) is 0. The second kappa shape index (κ2) is 22.9. The summed E-state index contributed by atoms with van der Waals surface area (Å²) in [5.41, 5.74) is 6.98. The van der Waals surface area contributed by atoms with Gasteiger partial charge in [0.2, 0.25) is 0 Å². The van der Waals surface area contributed by atoms with Crippen LogP contribution in [0.2, 0.25) is 0 Å². The summed E-state index contributed by atoms with van der Waals surface area (Å²) >= 11 is 0. The molecule has 0 saturated carbocycles. The molecule has 2 aliphatic heterocycles. The molecule has 304 valence electrons. The molecule has 4 rings (SSSR count). The molecule has 6 nitrogen and oxygen atoms in total. The van der Waals surface area contributed by atoms with Crippen LogP contribution in [0.25, 0.3) is 0 Å². The zero-order chi connectivity index (χ0) is 39.5. The van der Waals surface area contributed by atoms with E-state index in [9.17, 15) is 9.59 Å². The highest BCUT2D eigenvalue weighted by Crippen LogP contribution is 2.48. The lowest BCUT2D eigenvalue weighted by Crippen LogP contribution is -2.40. The van der Waals surface area contributed by atoms with E-state index in [1.807, 2.05) is 13.8 Å². The summed E-state index contributed by atoms with van der Waals surface area (Å²) in [6.07, 6.45) is 27.4. The molecule has 1 atom stereocenters. The van der Waals surface area contributed by atoms with E-state index in [4.69, 9.17) is 9.47 Å². The lowest BCUT2D eigenvalue weighted by Gasteiger charge is -2.32. The Hall–Kier alpha value is -3.54. The van der Waals surface area contributed by atoms with Gasteiger partial charge in [-0.3, -0.25) is 9.59 Å². The number of carbonyl (C=O) groups is 2. The normalized spacial score (nSPS) is 17.6. The van der Waals surface area contributed by atoms with E-state index < -0.39 is 0 Å². The fourth-order valence-electron chi connectivity index (χ4n) is 8.88. The Labute approximate surface area is 335 Å². The number of benzene rings is 2. The minimum Gasteiger partial charge on any atom is -0.466 e. The van der Waals surface area contributed by atoms with Gasteiger partial charge in [0.25, 0.3) is 0 Å². The van der Waals surface area contributed by atoms with Crippen molar-refractivity contribution in [3.05, 3.63) is 83.6 Å². The molecule has 0 spiro atoms. The van der Waals surface area contributed by atoms with E-state index in [2.05, 4.69) is 104 Å². The Balaban J connectivity index is 1.31. The van der Waals surface area contributed by atoms with Crippen LogP contribution in [-0.2, 0) is 29.9 Å². The first-order chi connectivity index (χ1) is 26.6. The predicted molar refractivity (Wildman–Crippen MR) is 231 cm³/mol. The minimum absolute atomic E-state index is 0.0177. The van der Waals surface area contributed by atoms with Crippen molar-refractivity contribution < 1.29 is 19.1 Å². The summed E-state index contributed by atoms with van der Waals surface area (Å²) < 4.78 is 10.1. The van der Waals surface area contributed by atoms with Gasteiger partial charge in [-0.2, -0.15) is 0 Å². The fraction of sp³-hybridized carbons (Fsp3) is 0.633. The second-order valence-corrected chi connectivity index (χ2v) is 16.9. The van der Waals surface area contributed by atoms with E-state index in [0.717, 1.165) is 38.8 Å². The number of esters is 2. The Morgan fingerprint density at radius 1 is 0.600 bits per heavy atom. The third-order valence-electron chi connectivity index (χ3n) is 12.0. The Kier molecular flexibility index (Phi) is 18.4. The molecule has 55 heavy (non-hydrogen) atoms. The van der Waals surface area contributed by atoms with E-state index >= 15 is 0 Å². The van der Waals surface area contributed by atoms with Gasteiger partial charge in [-0.15, -0.1) is 0 Å². The van der Waals surface area contributed by atoms with E-state index in [1.54, 1.807) is 0 Å². The number of nitrogens with zero attached hydrogens (tertiary/aromatic N) is 2. The third-order valence-corrected chi connectivity index (χ3v) is 12.0. The van der Waals surface area contributed by atoms with Crippen molar-refractivity contribution in [2.45, 2.75) is 174 Å². The van der Waals surface area contributed by atoms with Crippen LogP contribution in [-0.4, -0.2) is 44.3 Å². The molecule has 2 aromatic rings. The molecule has 0 fully saturated rings. The molecule has 0 saturated heterocycles. The van der Waals surface area contributed by atoms with Crippen LogP contribution >= 0.6 is 0 Å². The van der Waals surface area contributed by atoms with Crippen LogP contribution in [0.4, 0.5) is 11.4 Å². The van der Waals surface area contributed by atoms with Gasteiger partial charge in [0.1, 0.15) is 0 Å². The van der Waals surface area contributed by atoms with Gasteiger partial charge in [-0.05, 0) is 68.9 Å². The number of carbonyl (C=O) groups excluding carboxylic acids is 2. The van der Waals surface area contributed by atoms with Crippen molar-refractivity contribution in [1.29, 1.82) is 0 Å². The van der Waals surface area contributed by atoms with Crippen molar-refractivity contribution in [1.82, 2.24) is 0 Å². The van der Waals surface area contributed by atoms with Gasteiger partial charge >= 0.3 is 11.9 Å². The molecule has 6 heteroatoms. The number of hydrogen-bond donors (Lipinski definition) is 0. The maximum absolute atomic E-state index is 11.6. The molecule has 0 radical (unpaired) electrons. The maximum Gasteiger partial charge on any atom is 0.305 e. The second-order valence-electron chi connectivity index (χ2n) is 16.9. The Morgan fingerprint density at radius 2 is 1.05 bits per heavy atom. The van der Waals surface area contributed by atoms with Crippen LogP contribution < -0.4 is 9.80 Å². The third kappa shape index (κ3) is 12.7. The number of ether oxygens (including phenoxy) is 2. The molecule has 1 unspecified atom stereocenters. The molecule has 0 aliphatic carbocycles. The molecular formula is C49H74N2O4. The smallest absolute Gasteiger partial charge is 0.305 e. The SMILES string of the molecule is CCOC(=O)CCCCCCCCCCN1/C(=C/C=C/C2N(CCCCCCCCCCC(=O)OCC)c3ccccc3C2(C)C)C(C)(C)c2ccccc21. The van der Waals surface area contributed by atoms with Gasteiger partial charge < -0.3 is 19.3 Å². The number of unbranched alkanes of at least 4 members (excludes halogenated alkanes) is 14. The van der Waals surface area contributed by atoms with Crippen molar-refractivity contribution in [3.63, 3.8) is 0 Å². The summed E-state index contributed by atoms with van der Waals surface area (Å²) in [5.74, 6) is -0.112. The number of allylic oxidation sites excluding steroid dienone is 3. The maximum atomic E-state index is 11.6. The number of rotatable bonds is 26. The highest BCUT2D eigenvalue weighted by atomic mass is 16.5. The van der Waals surface area contributed by atoms with Gasteiger partial charge in [-0.1, -0.05) is 153 Å². The van der Waals surface area contributed by atoms with Crippen LogP contribution in [0.15, 0.2) is 72.5 Å². The topological polar surface area (TPSA) is 59.1 Å². The molecule has 2 aromatic carbocycles. The summed E-state index contributed by atoms with van der Waals surface area (Å²) in [7, 11) is 0. The number of anilines is 2. The van der Waals surface area contributed by atoms with Crippen molar-refractivity contribution in [3.8, 4) is 0 Å². The zero-order valence-corrected chi connectivity index (χ0v) is 35.5. The van der Waals surface area contributed by atoms with Gasteiger partial charge in [-0.25, -0.2) is 0 Å². The minimum atomic E-state index is -0.0565. The highest BCUT2D eigenvalue weighted by Gasteiger charge is 2.43. The highest BCUT2D eigenvalue weighted by molar-refractivity contribution is 5.71. The van der Waals surface area contributed by atoms with Crippen molar-refractivity contribution in [2.75, 3.05) is 36.1 Å². The van der Waals surface area contributed by atoms with Crippen molar-refractivity contribution in [2.24, 2.45) is 0 Å².